The first-order valence-electron chi connectivity index (χ1n) is 5.77. The smallest absolute Gasteiger partial charge is 0.331 e. The van der Waals surface area contributed by atoms with Crippen molar-refractivity contribution in [1.29, 1.82) is 0 Å². The van der Waals surface area contributed by atoms with Crippen LogP contribution in [0.3, 0.4) is 0 Å². The van der Waals surface area contributed by atoms with E-state index in [1.807, 2.05) is 0 Å². The molecule has 1 fully saturated rings. The van der Waals surface area contributed by atoms with Gasteiger partial charge in [0.2, 0.25) is 5.91 Å². The molecule has 0 aromatic carbocycles. The van der Waals surface area contributed by atoms with Crippen molar-refractivity contribution in [1.82, 2.24) is 5.32 Å². The topological polar surface area (TPSA) is 66.4 Å². The minimum Gasteiger partial charge on any atom is -0.478 e. The molecule has 2 N–H and O–H groups in total. The van der Waals surface area contributed by atoms with Gasteiger partial charge >= 0.3 is 5.97 Å². The molecular formula is C12H19NO3. The highest BCUT2D eigenvalue weighted by Gasteiger charge is 2.15. The third-order valence-corrected chi connectivity index (χ3v) is 2.99. The first kappa shape index (κ1) is 12.7. The minimum atomic E-state index is -1.10. The average molecular weight is 225 g/mol. The van der Waals surface area contributed by atoms with Crippen LogP contribution in [0.15, 0.2) is 12.2 Å². The Morgan fingerprint density at radius 2 is 1.88 bits per heavy atom. The number of carboxylic acid groups (broad SMARTS) is 1. The molecule has 0 atom stereocenters. The number of hydrogen-bond donors (Lipinski definition) is 2. The normalized spacial score (nSPS) is 16.8. The van der Waals surface area contributed by atoms with E-state index in [1.54, 1.807) is 0 Å². The maximum absolute atomic E-state index is 11.4. The number of hydrogen-bond acceptors (Lipinski definition) is 2. The van der Waals surface area contributed by atoms with Gasteiger partial charge in [0.05, 0.1) is 6.42 Å². The van der Waals surface area contributed by atoms with Gasteiger partial charge in [0.1, 0.15) is 0 Å². The van der Waals surface area contributed by atoms with Gasteiger partial charge in [-0.15, -0.1) is 0 Å². The molecule has 0 saturated heterocycles. The van der Waals surface area contributed by atoms with Gasteiger partial charge in [0, 0.05) is 12.1 Å². The maximum Gasteiger partial charge on any atom is 0.331 e. The van der Waals surface area contributed by atoms with Gasteiger partial charge in [0.25, 0.3) is 0 Å². The molecule has 90 valence electrons. The van der Waals surface area contributed by atoms with Crippen LogP contribution in [-0.4, -0.2) is 23.5 Å². The van der Waals surface area contributed by atoms with Crippen molar-refractivity contribution < 1.29 is 14.7 Å². The second kappa shape index (κ2) is 6.30. The predicted molar refractivity (Wildman–Crippen MR) is 61.0 cm³/mol. The number of carbonyl (C=O) groups is 2. The second-order valence-electron chi connectivity index (χ2n) is 4.39. The summed E-state index contributed by atoms with van der Waals surface area (Å²) in [6, 6.07) is 0. The molecule has 0 aromatic heterocycles. The Labute approximate surface area is 95.7 Å². The predicted octanol–water partition coefficient (Wildman–Crippen LogP) is 1.71. The van der Waals surface area contributed by atoms with E-state index < -0.39 is 5.97 Å². The molecule has 0 aliphatic heterocycles. The van der Waals surface area contributed by atoms with Crippen LogP contribution in [-0.2, 0) is 9.59 Å². The molecule has 1 aliphatic rings. The highest BCUT2D eigenvalue weighted by Crippen LogP contribution is 2.22. The second-order valence-corrected chi connectivity index (χ2v) is 4.39. The fourth-order valence-corrected chi connectivity index (χ4v) is 1.98. The molecule has 0 heterocycles. The summed E-state index contributed by atoms with van der Waals surface area (Å²) in [6.45, 7) is 4.00. The van der Waals surface area contributed by atoms with E-state index in [4.69, 9.17) is 5.11 Å². The third kappa shape index (κ3) is 4.47. The lowest BCUT2D eigenvalue weighted by Crippen LogP contribution is -2.30. The number of rotatable bonds is 5. The molecule has 16 heavy (non-hydrogen) atoms. The Hall–Kier alpha value is -1.32. The molecular weight excluding hydrogens is 206 g/mol. The Balaban J connectivity index is 2.19. The van der Waals surface area contributed by atoms with Crippen LogP contribution in [0.25, 0.3) is 0 Å². The largest absolute Gasteiger partial charge is 0.478 e. The van der Waals surface area contributed by atoms with Crippen molar-refractivity contribution in [3.05, 3.63) is 12.2 Å². The zero-order valence-corrected chi connectivity index (χ0v) is 9.50. The number of carbonyl (C=O) groups excluding carboxylic acids is 1. The van der Waals surface area contributed by atoms with Crippen LogP contribution in [0.5, 0.6) is 0 Å². The first-order chi connectivity index (χ1) is 7.59. The van der Waals surface area contributed by atoms with Crippen LogP contribution < -0.4 is 5.32 Å². The Kier molecular flexibility index (Phi) is 5.02. The monoisotopic (exact) mass is 225 g/mol. The van der Waals surface area contributed by atoms with E-state index in [0.717, 1.165) is 0 Å². The van der Waals surface area contributed by atoms with Gasteiger partial charge in [-0.3, -0.25) is 4.79 Å². The first-order valence-corrected chi connectivity index (χ1v) is 5.77. The van der Waals surface area contributed by atoms with E-state index in [9.17, 15) is 9.59 Å². The fraction of sp³-hybridized carbons (Fsp3) is 0.667. The Morgan fingerprint density at radius 1 is 1.25 bits per heavy atom. The average Bonchev–Trinajstić information content (AvgIpc) is 2.27. The van der Waals surface area contributed by atoms with Crippen molar-refractivity contribution in [2.24, 2.45) is 5.92 Å². The number of amides is 1. The summed E-state index contributed by atoms with van der Waals surface area (Å²) in [6.07, 6.45) is 5.99. The van der Waals surface area contributed by atoms with Crippen molar-refractivity contribution in [2.75, 3.05) is 6.54 Å². The summed E-state index contributed by atoms with van der Waals surface area (Å²) >= 11 is 0. The molecule has 0 spiro atoms. The van der Waals surface area contributed by atoms with Crippen LogP contribution >= 0.6 is 0 Å². The molecule has 1 aliphatic carbocycles. The Morgan fingerprint density at radius 3 is 2.44 bits per heavy atom. The Bertz CT molecular complexity index is 280. The van der Waals surface area contributed by atoms with E-state index in [1.165, 1.54) is 32.1 Å². The number of nitrogens with one attached hydrogen (secondary N) is 1. The van der Waals surface area contributed by atoms with E-state index in [-0.39, 0.29) is 17.9 Å². The molecule has 4 nitrogen and oxygen atoms in total. The third-order valence-electron chi connectivity index (χ3n) is 2.99. The highest BCUT2D eigenvalue weighted by atomic mass is 16.4. The molecule has 1 amide bonds. The van der Waals surface area contributed by atoms with Crippen LogP contribution in [0.2, 0.25) is 0 Å². The highest BCUT2D eigenvalue weighted by molar-refractivity contribution is 5.93. The van der Waals surface area contributed by atoms with Gasteiger partial charge in [-0.25, -0.2) is 4.79 Å². The van der Waals surface area contributed by atoms with Crippen molar-refractivity contribution in [3.8, 4) is 0 Å². The van der Waals surface area contributed by atoms with Crippen LogP contribution in [0, 0.1) is 5.92 Å². The summed E-state index contributed by atoms with van der Waals surface area (Å²) in [4.78, 5) is 21.8. The fourth-order valence-electron chi connectivity index (χ4n) is 1.98. The SMILES string of the molecule is C=C(CC(=O)NCC1CCCCC1)C(=O)O. The summed E-state index contributed by atoms with van der Waals surface area (Å²) in [5.41, 5.74) is -0.0545. The summed E-state index contributed by atoms with van der Waals surface area (Å²) < 4.78 is 0. The summed E-state index contributed by atoms with van der Waals surface area (Å²) in [5.74, 6) is -0.776. The molecule has 1 rings (SSSR count). The molecule has 0 bridgehead atoms. The summed E-state index contributed by atoms with van der Waals surface area (Å²) in [5, 5.41) is 11.3. The molecule has 0 aromatic rings. The number of carboxylic acids is 1. The lowest BCUT2D eigenvalue weighted by Gasteiger charge is -2.21. The molecule has 1 saturated carbocycles. The maximum atomic E-state index is 11.4. The van der Waals surface area contributed by atoms with E-state index >= 15 is 0 Å². The van der Waals surface area contributed by atoms with Crippen LogP contribution in [0.4, 0.5) is 0 Å². The number of aliphatic carboxylic acids is 1. The van der Waals surface area contributed by atoms with Gasteiger partial charge < -0.3 is 10.4 Å². The lowest BCUT2D eigenvalue weighted by atomic mass is 9.89. The lowest BCUT2D eigenvalue weighted by molar-refractivity contribution is -0.134. The molecule has 4 heteroatoms. The molecule has 0 unspecified atom stereocenters. The summed E-state index contributed by atoms with van der Waals surface area (Å²) in [7, 11) is 0. The minimum absolute atomic E-state index is 0.0545. The van der Waals surface area contributed by atoms with Gasteiger partial charge in [-0.2, -0.15) is 0 Å². The van der Waals surface area contributed by atoms with E-state index in [0.29, 0.717) is 12.5 Å². The molecule has 0 radical (unpaired) electrons. The van der Waals surface area contributed by atoms with Gasteiger partial charge in [-0.1, -0.05) is 25.8 Å². The zero-order valence-electron chi connectivity index (χ0n) is 9.50. The van der Waals surface area contributed by atoms with E-state index in [2.05, 4.69) is 11.9 Å². The zero-order chi connectivity index (χ0) is 12.0. The van der Waals surface area contributed by atoms with Crippen LogP contribution in [0.1, 0.15) is 38.5 Å². The van der Waals surface area contributed by atoms with Crippen molar-refractivity contribution in [3.63, 3.8) is 0 Å². The standard InChI is InChI=1S/C12H19NO3/c1-9(12(15)16)7-11(14)13-8-10-5-3-2-4-6-10/h10H,1-8H2,(H,13,14)(H,15,16). The van der Waals surface area contributed by atoms with Crippen molar-refractivity contribution in [2.45, 2.75) is 38.5 Å². The van der Waals surface area contributed by atoms with Crippen molar-refractivity contribution >= 4 is 11.9 Å². The quantitative estimate of drug-likeness (QED) is 0.700. The van der Waals surface area contributed by atoms with Gasteiger partial charge in [-0.05, 0) is 18.8 Å². The van der Waals surface area contributed by atoms with Gasteiger partial charge in [0.15, 0.2) is 0 Å².